The number of aromatic nitrogens is 2. The molecular weight excluding hydrogens is 347 g/mol. The predicted molar refractivity (Wildman–Crippen MR) is 101 cm³/mol. The van der Waals surface area contributed by atoms with Crippen LogP contribution in [0.2, 0.25) is 0 Å². The van der Waals surface area contributed by atoms with Crippen molar-refractivity contribution in [3.8, 4) is 0 Å². The summed E-state index contributed by atoms with van der Waals surface area (Å²) in [4.78, 5) is 24.4. The van der Waals surface area contributed by atoms with Crippen molar-refractivity contribution in [3.05, 3.63) is 53.7 Å². The molecule has 1 atom stereocenters. The van der Waals surface area contributed by atoms with Gasteiger partial charge in [0.2, 0.25) is 0 Å². The first-order chi connectivity index (χ1) is 12.9. The van der Waals surface area contributed by atoms with E-state index in [-0.39, 0.29) is 23.7 Å². The Hall–Kier alpha value is -2.54. The van der Waals surface area contributed by atoms with Gasteiger partial charge in [0.1, 0.15) is 17.3 Å². The summed E-state index contributed by atoms with van der Waals surface area (Å²) in [5.41, 5.74) is 0.963. The van der Waals surface area contributed by atoms with Crippen molar-refractivity contribution in [2.24, 2.45) is 5.41 Å². The number of aliphatic hydroxyl groups is 1. The number of benzene rings is 1. The van der Waals surface area contributed by atoms with Crippen LogP contribution in [-0.2, 0) is 6.42 Å². The molecule has 0 aliphatic carbocycles. The molecule has 0 saturated carbocycles. The van der Waals surface area contributed by atoms with Crippen molar-refractivity contribution in [3.63, 3.8) is 0 Å². The van der Waals surface area contributed by atoms with E-state index in [0.29, 0.717) is 24.5 Å². The molecule has 2 aromatic rings. The largest absolute Gasteiger partial charge is 0.396 e. The number of amides is 1. The van der Waals surface area contributed by atoms with E-state index in [2.05, 4.69) is 14.9 Å². The summed E-state index contributed by atoms with van der Waals surface area (Å²) in [6.07, 6.45) is 5.55. The van der Waals surface area contributed by atoms with Gasteiger partial charge in [-0.05, 0) is 37.0 Å². The molecule has 7 heteroatoms. The normalized spacial score (nSPS) is 19.8. The van der Waals surface area contributed by atoms with Crippen LogP contribution in [0.5, 0.6) is 0 Å². The first kappa shape index (κ1) is 19.2. The Labute approximate surface area is 158 Å². The van der Waals surface area contributed by atoms with Crippen molar-refractivity contribution in [2.45, 2.75) is 19.3 Å². The minimum absolute atomic E-state index is 0.0324. The Morgan fingerprint density at radius 2 is 2.04 bits per heavy atom. The van der Waals surface area contributed by atoms with Gasteiger partial charge in [0, 0.05) is 32.6 Å². The van der Waals surface area contributed by atoms with E-state index in [1.165, 1.54) is 23.2 Å². The van der Waals surface area contributed by atoms with E-state index in [0.717, 1.165) is 24.9 Å². The standard InChI is InChI=1S/C20H25FN4O2/c1-24(2)19(27)17-11-22-12-18(23-17)25-9-3-8-20(13-25,14-26)10-15-4-6-16(21)7-5-15/h4-7,11-12,26H,3,8-10,13-14H2,1-2H3/t20-/m0/s1. The zero-order chi connectivity index (χ0) is 19.4. The van der Waals surface area contributed by atoms with E-state index < -0.39 is 0 Å². The number of halogens is 1. The second-order valence-electron chi connectivity index (χ2n) is 7.45. The van der Waals surface area contributed by atoms with E-state index in [1.54, 1.807) is 32.4 Å². The van der Waals surface area contributed by atoms with Gasteiger partial charge in [0.15, 0.2) is 0 Å². The van der Waals surface area contributed by atoms with Gasteiger partial charge in [-0.2, -0.15) is 0 Å². The van der Waals surface area contributed by atoms with E-state index in [9.17, 15) is 14.3 Å². The molecule has 144 valence electrons. The zero-order valence-corrected chi connectivity index (χ0v) is 15.7. The molecule has 6 nitrogen and oxygen atoms in total. The molecule has 2 heterocycles. The molecule has 27 heavy (non-hydrogen) atoms. The molecule has 0 bridgehead atoms. The van der Waals surface area contributed by atoms with Gasteiger partial charge in [0.05, 0.1) is 19.0 Å². The lowest BCUT2D eigenvalue weighted by atomic mass is 9.76. The minimum Gasteiger partial charge on any atom is -0.396 e. The van der Waals surface area contributed by atoms with Crippen LogP contribution in [0.1, 0.15) is 28.9 Å². The van der Waals surface area contributed by atoms with Crippen molar-refractivity contribution in [2.75, 3.05) is 38.7 Å². The fourth-order valence-electron chi connectivity index (χ4n) is 3.61. The number of rotatable bonds is 5. The van der Waals surface area contributed by atoms with Gasteiger partial charge in [-0.15, -0.1) is 0 Å². The average Bonchev–Trinajstić information content (AvgIpc) is 2.69. The second-order valence-corrected chi connectivity index (χ2v) is 7.45. The fourth-order valence-corrected chi connectivity index (χ4v) is 3.61. The highest BCUT2D eigenvalue weighted by Crippen LogP contribution is 2.35. The monoisotopic (exact) mass is 372 g/mol. The molecule has 1 amide bonds. The highest BCUT2D eigenvalue weighted by atomic mass is 19.1. The molecule has 1 aromatic heterocycles. The quantitative estimate of drug-likeness (QED) is 0.871. The van der Waals surface area contributed by atoms with Crippen LogP contribution in [0, 0.1) is 11.2 Å². The van der Waals surface area contributed by atoms with Crippen LogP contribution in [-0.4, -0.2) is 59.7 Å². The Kier molecular flexibility index (Phi) is 5.70. The van der Waals surface area contributed by atoms with Crippen molar-refractivity contribution < 1.29 is 14.3 Å². The molecule has 3 rings (SSSR count). The summed E-state index contributed by atoms with van der Waals surface area (Å²) >= 11 is 0. The molecule has 1 aliphatic heterocycles. The Balaban J connectivity index is 1.81. The Morgan fingerprint density at radius 3 is 2.70 bits per heavy atom. The van der Waals surface area contributed by atoms with E-state index >= 15 is 0 Å². The van der Waals surface area contributed by atoms with Crippen molar-refractivity contribution in [1.82, 2.24) is 14.9 Å². The van der Waals surface area contributed by atoms with Crippen LogP contribution in [0.3, 0.4) is 0 Å². The number of aliphatic hydroxyl groups excluding tert-OH is 1. The van der Waals surface area contributed by atoms with Crippen LogP contribution in [0.15, 0.2) is 36.7 Å². The summed E-state index contributed by atoms with van der Waals surface area (Å²) in [6.45, 7) is 1.43. The molecule has 1 fully saturated rings. The topological polar surface area (TPSA) is 69.6 Å². The van der Waals surface area contributed by atoms with Crippen LogP contribution in [0.4, 0.5) is 10.2 Å². The maximum atomic E-state index is 13.2. The molecule has 1 aromatic carbocycles. The predicted octanol–water partition coefficient (Wildman–Crippen LogP) is 2.14. The van der Waals surface area contributed by atoms with Gasteiger partial charge in [0.25, 0.3) is 5.91 Å². The summed E-state index contributed by atoms with van der Waals surface area (Å²) in [5, 5.41) is 10.1. The number of carbonyl (C=O) groups is 1. The lowest BCUT2D eigenvalue weighted by Crippen LogP contribution is -2.47. The van der Waals surface area contributed by atoms with Crippen molar-refractivity contribution >= 4 is 11.7 Å². The summed E-state index contributed by atoms with van der Waals surface area (Å²) in [7, 11) is 3.36. The summed E-state index contributed by atoms with van der Waals surface area (Å²) in [5.74, 6) is 0.181. The maximum absolute atomic E-state index is 13.2. The van der Waals surface area contributed by atoms with Gasteiger partial charge in [-0.3, -0.25) is 9.78 Å². The number of hydrogen-bond donors (Lipinski definition) is 1. The zero-order valence-electron chi connectivity index (χ0n) is 15.7. The maximum Gasteiger partial charge on any atom is 0.273 e. The number of anilines is 1. The molecule has 1 aliphatic rings. The average molecular weight is 372 g/mol. The van der Waals surface area contributed by atoms with E-state index in [4.69, 9.17) is 0 Å². The highest BCUT2D eigenvalue weighted by Gasteiger charge is 2.36. The minimum atomic E-state index is -0.334. The number of nitrogens with zero attached hydrogens (tertiary/aromatic N) is 4. The third-order valence-corrected chi connectivity index (χ3v) is 5.06. The smallest absolute Gasteiger partial charge is 0.273 e. The number of carbonyl (C=O) groups excluding carboxylic acids is 1. The van der Waals surface area contributed by atoms with Gasteiger partial charge in [-0.1, -0.05) is 12.1 Å². The Morgan fingerprint density at radius 1 is 1.30 bits per heavy atom. The van der Waals surface area contributed by atoms with Crippen LogP contribution in [0.25, 0.3) is 0 Å². The molecule has 0 spiro atoms. The van der Waals surface area contributed by atoms with Gasteiger partial charge < -0.3 is 14.9 Å². The van der Waals surface area contributed by atoms with Crippen LogP contribution >= 0.6 is 0 Å². The first-order valence-electron chi connectivity index (χ1n) is 9.06. The first-order valence-corrected chi connectivity index (χ1v) is 9.06. The number of piperidine rings is 1. The molecule has 0 radical (unpaired) electrons. The van der Waals surface area contributed by atoms with Gasteiger partial charge >= 0.3 is 0 Å². The Bertz CT molecular complexity index is 797. The van der Waals surface area contributed by atoms with Crippen LogP contribution < -0.4 is 4.90 Å². The summed E-state index contributed by atoms with van der Waals surface area (Å²) in [6, 6.07) is 6.43. The SMILES string of the molecule is CN(C)C(=O)c1cncc(N2CCC[C@](CO)(Cc3ccc(F)cc3)C2)n1. The van der Waals surface area contributed by atoms with Crippen molar-refractivity contribution in [1.29, 1.82) is 0 Å². The third kappa shape index (κ3) is 4.42. The second kappa shape index (κ2) is 8.00. The summed E-state index contributed by atoms with van der Waals surface area (Å²) < 4.78 is 13.2. The third-order valence-electron chi connectivity index (χ3n) is 5.06. The molecule has 0 unspecified atom stereocenters. The molecule has 1 N–H and O–H groups in total. The lowest BCUT2D eigenvalue weighted by molar-refractivity contribution is 0.0821. The molecular formula is C20H25FN4O2. The van der Waals surface area contributed by atoms with Gasteiger partial charge in [-0.25, -0.2) is 9.37 Å². The number of hydrogen-bond acceptors (Lipinski definition) is 5. The lowest BCUT2D eigenvalue weighted by Gasteiger charge is -2.42. The van der Waals surface area contributed by atoms with E-state index in [1.807, 2.05) is 0 Å². The highest BCUT2D eigenvalue weighted by molar-refractivity contribution is 5.91. The fraction of sp³-hybridized carbons (Fsp3) is 0.450. The molecule has 1 saturated heterocycles.